The van der Waals surface area contributed by atoms with Crippen molar-refractivity contribution in [3.05, 3.63) is 0 Å². The standard InChI is InChI=1S/4ClH.Cr.K/h4*1H;;/q;;;;+3;+1/p-4. The number of rotatable bonds is 0. The maximum atomic E-state index is 0. The molecule has 0 atom stereocenters. The van der Waals surface area contributed by atoms with Gasteiger partial charge in [-0.05, 0) is 0 Å². The van der Waals surface area contributed by atoms with Gasteiger partial charge in [0.1, 0.15) is 0 Å². The predicted octanol–water partition coefficient (Wildman–Crippen LogP) is -15.0. The fourth-order valence-corrected chi connectivity index (χ4v) is 0. The van der Waals surface area contributed by atoms with E-state index in [1.165, 1.54) is 0 Å². The predicted molar refractivity (Wildman–Crippen MR) is 0 cm³/mol. The fraction of sp³-hybridized carbons (Fsp3) is 0. The molecule has 35 valence electrons. The largest absolute Gasteiger partial charge is 3.00 e. The van der Waals surface area contributed by atoms with E-state index in [0.717, 1.165) is 0 Å². The first-order chi connectivity index (χ1) is 0. The van der Waals surface area contributed by atoms with Crippen LogP contribution in [0.3, 0.4) is 0 Å². The molecular weight excluding hydrogens is 233 g/mol. The minimum Gasteiger partial charge on any atom is -1.00 e. The van der Waals surface area contributed by atoms with Crippen molar-refractivity contribution in [3.8, 4) is 0 Å². The Balaban J connectivity index is 0. The molecule has 0 aromatic heterocycles. The Morgan fingerprint density at radius 3 is 0.500 bits per heavy atom. The molecule has 0 heterocycles. The van der Waals surface area contributed by atoms with E-state index in [9.17, 15) is 0 Å². The molecular formula is Cl4CrK. The van der Waals surface area contributed by atoms with Gasteiger partial charge < -0.3 is 49.6 Å². The van der Waals surface area contributed by atoms with E-state index in [1.807, 2.05) is 0 Å². The SMILES string of the molecule is [Cl-].[Cl-].[Cl-].[Cl-].[Cr+3].[K+]. The molecule has 6 heavy (non-hydrogen) atoms. The van der Waals surface area contributed by atoms with E-state index in [4.69, 9.17) is 0 Å². The number of hydrogen-bond acceptors (Lipinski definition) is 0. The fourth-order valence-electron chi connectivity index (χ4n) is 0. The van der Waals surface area contributed by atoms with Gasteiger partial charge in [-0.1, -0.05) is 0 Å². The maximum Gasteiger partial charge on any atom is 3.00 e. The van der Waals surface area contributed by atoms with Crippen LogP contribution in [0.15, 0.2) is 0 Å². The summed E-state index contributed by atoms with van der Waals surface area (Å²) in [7, 11) is 0. The van der Waals surface area contributed by atoms with Gasteiger partial charge in [0.15, 0.2) is 0 Å². The van der Waals surface area contributed by atoms with E-state index in [2.05, 4.69) is 0 Å². The van der Waals surface area contributed by atoms with E-state index in [1.54, 1.807) is 0 Å². The Morgan fingerprint density at radius 2 is 0.500 bits per heavy atom. The smallest absolute Gasteiger partial charge is 1.00 e. The van der Waals surface area contributed by atoms with Gasteiger partial charge in [-0.15, -0.1) is 0 Å². The summed E-state index contributed by atoms with van der Waals surface area (Å²) < 4.78 is 0. The molecule has 0 aromatic rings. The van der Waals surface area contributed by atoms with Crippen LogP contribution in [0.5, 0.6) is 0 Å². The summed E-state index contributed by atoms with van der Waals surface area (Å²) in [4.78, 5) is 0. The van der Waals surface area contributed by atoms with Gasteiger partial charge in [-0.2, -0.15) is 0 Å². The second-order valence-electron chi connectivity index (χ2n) is 0. The third-order valence-corrected chi connectivity index (χ3v) is 0. The van der Waals surface area contributed by atoms with Gasteiger partial charge >= 0.3 is 68.7 Å². The van der Waals surface area contributed by atoms with Gasteiger partial charge in [0, 0.05) is 0 Å². The topological polar surface area (TPSA) is 0 Å². The van der Waals surface area contributed by atoms with Crippen molar-refractivity contribution >= 4 is 0 Å². The van der Waals surface area contributed by atoms with Gasteiger partial charge in [-0.3, -0.25) is 0 Å². The minimum absolute atomic E-state index is 0. The van der Waals surface area contributed by atoms with Crippen LogP contribution in [0, 0.1) is 0 Å². The summed E-state index contributed by atoms with van der Waals surface area (Å²) >= 11 is 0. The third-order valence-electron chi connectivity index (χ3n) is 0. The molecule has 0 unspecified atom stereocenters. The molecule has 0 nitrogen and oxygen atoms in total. The second kappa shape index (κ2) is 40.4. The molecule has 0 spiro atoms. The number of halogens is 4. The molecule has 0 aromatic carbocycles. The average Bonchev–Trinajstić information content (AvgIpc) is 0. The van der Waals surface area contributed by atoms with E-state index in [0.29, 0.717) is 0 Å². The molecule has 0 N–H and O–H groups in total. The summed E-state index contributed by atoms with van der Waals surface area (Å²) in [5.41, 5.74) is 0. The van der Waals surface area contributed by atoms with Gasteiger partial charge in [-0.25, -0.2) is 0 Å². The molecule has 0 aliphatic heterocycles. The van der Waals surface area contributed by atoms with Crippen LogP contribution >= 0.6 is 0 Å². The van der Waals surface area contributed by atoms with Crippen LogP contribution in [0.25, 0.3) is 0 Å². The van der Waals surface area contributed by atoms with Crippen LogP contribution in [0.1, 0.15) is 0 Å². The van der Waals surface area contributed by atoms with Crippen molar-refractivity contribution in [2.24, 2.45) is 0 Å². The Morgan fingerprint density at radius 1 is 0.500 bits per heavy atom. The van der Waals surface area contributed by atoms with Gasteiger partial charge in [0.2, 0.25) is 0 Å². The molecule has 0 saturated carbocycles. The molecule has 1 radical (unpaired) electrons. The first-order valence-corrected chi connectivity index (χ1v) is 0. The zero-order valence-electron chi connectivity index (χ0n) is 2.92. The molecule has 6 heteroatoms. The molecule has 0 amide bonds. The van der Waals surface area contributed by atoms with Crippen molar-refractivity contribution in [2.75, 3.05) is 0 Å². The van der Waals surface area contributed by atoms with Crippen LogP contribution < -0.4 is 101 Å². The maximum absolute atomic E-state index is 0. The zero-order valence-corrected chi connectivity index (χ0v) is 10.3. The normalized spacial score (nSPS) is 0. The first kappa shape index (κ1) is 58.4. The van der Waals surface area contributed by atoms with Gasteiger partial charge in [0.25, 0.3) is 0 Å². The van der Waals surface area contributed by atoms with Crippen molar-refractivity contribution in [3.63, 3.8) is 0 Å². The zero-order chi connectivity index (χ0) is 0. The van der Waals surface area contributed by atoms with Crippen molar-refractivity contribution in [1.82, 2.24) is 0 Å². The quantitative estimate of drug-likeness (QED) is 0.364. The Kier molecular flexibility index (Phi) is 393. The van der Waals surface area contributed by atoms with E-state index in [-0.39, 0.29) is 118 Å². The summed E-state index contributed by atoms with van der Waals surface area (Å²) in [5.74, 6) is 0. The average molecular weight is 233 g/mol. The summed E-state index contributed by atoms with van der Waals surface area (Å²) in [6.07, 6.45) is 0. The van der Waals surface area contributed by atoms with Crippen LogP contribution in [-0.4, -0.2) is 0 Å². The van der Waals surface area contributed by atoms with Crippen LogP contribution in [0.2, 0.25) is 0 Å². The van der Waals surface area contributed by atoms with Crippen molar-refractivity contribution in [1.29, 1.82) is 0 Å². The molecule has 0 bridgehead atoms. The molecule has 0 aliphatic rings. The van der Waals surface area contributed by atoms with Crippen LogP contribution in [-0.2, 0) is 17.4 Å². The third kappa shape index (κ3) is 26.5. The summed E-state index contributed by atoms with van der Waals surface area (Å²) in [5, 5.41) is 0. The molecule has 0 fully saturated rings. The Labute approximate surface area is 116 Å². The summed E-state index contributed by atoms with van der Waals surface area (Å²) in [6.45, 7) is 0. The molecule has 0 saturated heterocycles. The van der Waals surface area contributed by atoms with Crippen molar-refractivity contribution < 1.29 is 118 Å². The molecule has 0 rings (SSSR count). The van der Waals surface area contributed by atoms with Crippen molar-refractivity contribution in [2.45, 2.75) is 0 Å². The molecule has 0 aliphatic carbocycles. The van der Waals surface area contributed by atoms with E-state index >= 15 is 0 Å². The number of hydrogen-bond donors (Lipinski definition) is 0. The van der Waals surface area contributed by atoms with E-state index < -0.39 is 0 Å². The van der Waals surface area contributed by atoms with Crippen LogP contribution in [0.4, 0.5) is 0 Å². The Bertz CT molecular complexity index is 7.51. The monoisotopic (exact) mass is 231 g/mol. The second-order valence-corrected chi connectivity index (χ2v) is 0. The Hall–Kier alpha value is 3.33. The minimum atomic E-state index is 0. The summed E-state index contributed by atoms with van der Waals surface area (Å²) in [6, 6.07) is 0. The first-order valence-electron chi connectivity index (χ1n) is 0. The van der Waals surface area contributed by atoms with Gasteiger partial charge in [0.05, 0.1) is 0 Å².